The second kappa shape index (κ2) is 5.05. The normalized spacial score (nSPS) is 33.8. The molecule has 0 radical (unpaired) electrons. The lowest BCUT2D eigenvalue weighted by molar-refractivity contribution is -0.0802. The summed E-state index contributed by atoms with van der Waals surface area (Å²) in [5.41, 5.74) is 0.425. The van der Waals surface area contributed by atoms with Crippen LogP contribution >= 0.6 is 0 Å². The van der Waals surface area contributed by atoms with E-state index in [0.717, 1.165) is 25.9 Å². The molecular weight excluding hydrogens is 198 g/mol. The molecule has 0 aromatic carbocycles. The lowest BCUT2D eigenvalue weighted by atomic mass is 9.85. The van der Waals surface area contributed by atoms with E-state index in [1.807, 2.05) is 0 Å². The first-order chi connectivity index (χ1) is 7.27. The molecule has 0 bridgehead atoms. The summed E-state index contributed by atoms with van der Waals surface area (Å²) >= 11 is 0. The van der Waals surface area contributed by atoms with Gasteiger partial charge in [0.1, 0.15) is 0 Å². The minimum Gasteiger partial charge on any atom is -0.375 e. The zero-order chi connectivity index (χ0) is 12.4. The van der Waals surface area contributed by atoms with E-state index in [4.69, 9.17) is 4.74 Å². The van der Waals surface area contributed by atoms with Crippen molar-refractivity contribution in [3.63, 3.8) is 0 Å². The van der Waals surface area contributed by atoms with E-state index in [2.05, 4.69) is 46.9 Å². The van der Waals surface area contributed by atoms with Crippen LogP contribution in [0.3, 0.4) is 0 Å². The van der Waals surface area contributed by atoms with Crippen molar-refractivity contribution in [2.45, 2.75) is 78.5 Å². The molecule has 96 valence electrons. The van der Waals surface area contributed by atoms with Gasteiger partial charge in [-0.3, -0.25) is 0 Å². The van der Waals surface area contributed by atoms with Gasteiger partial charge >= 0.3 is 0 Å². The minimum atomic E-state index is 0.0908. The maximum Gasteiger partial charge on any atom is 0.0666 e. The molecule has 1 aliphatic heterocycles. The number of rotatable bonds is 3. The van der Waals surface area contributed by atoms with E-state index < -0.39 is 0 Å². The Labute approximate surface area is 101 Å². The van der Waals surface area contributed by atoms with Gasteiger partial charge in [0.2, 0.25) is 0 Å². The highest BCUT2D eigenvalue weighted by molar-refractivity contribution is 4.88. The van der Waals surface area contributed by atoms with Gasteiger partial charge in [0.05, 0.1) is 5.60 Å². The Kier molecular flexibility index (Phi) is 4.42. The molecular formula is C14H29NO. The number of hydrogen-bond donors (Lipinski definition) is 1. The fourth-order valence-corrected chi connectivity index (χ4v) is 2.12. The molecule has 0 aromatic rings. The molecule has 1 fully saturated rings. The smallest absolute Gasteiger partial charge is 0.0666 e. The molecule has 0 spiro atoms. The van der Waals surface area contributed by atoms with Crippen LogP contribution < -0.4 is 5.32 Å². The first-order valence-electron chi connectivity index (χ1n) is 6.67. The number of nitrogens with one attached hydrogen (secondary N) is 1. The number of hydrogen-bond acceptors (Lipinski definition) is 2. The van der Waals surface area contributed by atoms with E-state index in [-0.39, 0.29) is 5.60 Å². The van der Waals surface area contributed by atoms with Crippen LogP contribution in [0.5, 0.6) is 0 Å². The molecule has 1 N–H and O–H groups in total. The molecule has 3 unspecified atom stereocenters. The fraction of sp³-hybridized carbons (Fsp3) is 1.00. The van der Waals surface area contributed by atoms with E-state index >= 15 is 0 Å². The second-order valence-electron chi connectivity index (χ2n) is 6.60. The van der Waals surface area contributed by atoms with Gasteiger partial charge in [-0.2, -0.15) is 0 Å². The summed E-state index contributed by atoms with van der Waals surface area (Å²) < 4.78 is 5.87. The summed E-state index contributed by atoms with van der Waals surface area (Å²) in [7, 11) is 0. The molecule has 2 nitrogen and oxygen atoms in total. The Hall–Kier alpha value is -0.0800. The summed E-state index contributed by atoms with van der Waals surface area (Å²) in [6.45, 7) is 14.5. The lowest BCUT2D eigenvalue weighted by Crippen LogP contribution is -2.50. The van der Waals surface area contributed by atoms with Crippen molar-refractivity contribution in [3.8, 4) is 0 Å². The summed E-state index contributed by atoms with van der Waals surface area (Å²) in [6.07, 6.45) is 3.40. The van der Waals surface area contributed by atoms with Crippen molar-refractivity contribution in [2.24, 2.45) is 5.41 Å². The maximum absolute atomic E-state index is 5.87. The molecule has 3 atom stereocenters. The van der Waals surface area contributed by atoms with E-state index in [1.54, 1.807) is 0 Å². The molecule has 0 aliphatic carbocycles. The standard InChI is InChI=1S/C14H29NO/c1-7-14(6)10-12(8-9-16-14)15-11(2)13(3,4)5/h11-12,15H,7-10H2,1-6H3. The molecule has 0 amide bonds. The van der Waals surface area contributed by atoms with Crippen LogP contribution in [0.15, 0.2) is 0 Å². The Morgan fingerprint density at radius 1 is 1.44 bits per heavy atom. The molecule has 16 heavy (non-hydrogen) atoms. The molecule has 1 aliphatic rings. The van der Waals surface area contributed by atoms with E-state index in [9.17, 15) is 0 Å². The Morgan fingerprint density at radius 3 is 2.56 bits per heavy atom. The van der Waals surface area contributed by atoms with Gasteiger partial charge in [-0.15, -0.1) is 0 Å². The molecule has 1 saturated heterocycles. The van der Waals surface area contributed by atoms with Gasteiger partial charge in [-0.1, -0.05) is 27.7 Å². The molecule has 2 heteroatoms. The van der Waals surface area contributed by atoms with Crippen LogP contribution in [0.1, 0.15) is 60.8 Å². The van der Waals surface area contributed by atoms with Crippen molar-refractivity contribution in [1.82, 2.24) is 5.32 Å². The summed E-state index contributed by atoms with van der Waals surface area (Å²) in [5, 5.41) is 3.77. The van der Waals surface area contributed by atoms with Crippen molar-refractivity contribution >= 4 is 0 Å². The van der Waals surface area contributed by atoms with Crippen LogP contribution in [0.2, 0.25) is 0 Å². The maximum atomic E-state index is 5.87. The minimum absolute atomic E-state index is 0.0908. The third kappa shape index (κ3) is 3.74. The topological polar surface area (TPSA) is 21.3 Å². The zero-order valence-electron chi connectivity index (χ0n) is 11.9. The highest BCUT2D eigenvalue weighted by Crippen LogP contribution is 2.29. The average molecular weight is 227 g/mol. The van der Waals surface area contributed by atoms with Crippen molar-refractivity contribution in [2.75, 3.05) is 6.61 Å². The first kappa shape index (κ1) is 14.0. The van der Waals surface area contributed by atoms with E-state index in [0.29, 0.717) is 17.5 Å². The van der Waals surface area contributed by atoms with Gasteiger partial charge < -0.3 is 10.1 Å². The van der Waals surface area contributed by atoms with Crippen LogP contribution in [-0.2, 0) is 4.74 Å². The predicted octanol–water partition coefficient (Wildman–Crippen LogP) is 3.36. The molecule has 0 aromatic heterocycles. The zero-order valence-corrected chi connectivity index (χ0v) is 11.9. The SMILES string of the molecule is CCC1(C)CC(NC(C)C(C)(C)C)CCO1. The van der Waals surface area contributed by atoms with E-state index in [1.165, 1.54) is 0 Å². The van der Waals surface area contributed by atoms with Gasteiger partial charge in [-0.25, -0.2) is 0 Å². The first-order valence-corrected chi connectivity index (χ1v) is 6.67. The molecule has 0 saturated carbocycles. The Bertz CT molecular complexity index is 221. The average Bonchev–Trinajstić information content (AvgIpc) is 2.16. The van der Waals surface area contributed by atoms with Gasteiger partial charge in [-0.05, 0) is 38.5 Å². The summed E-state index contributed by atoms with van der Waals surface area (Å²) in [5.74, 6) is 0. The van der Waals surface area contributed by atoms with Crippen LogP contribution in [0.4, 0.5) is 0 Å². The van der Waals surface area contributed by atoms with Crippen molar-refractivity contribution < 1.29 is 4.74 Å². The van der Waals surface area contributed by atoms with Crippen LogP contribution in [0.25, 0.3) is 0 Å². The second-order valence-corrected chi connectivity index (χ2v) is 6.60. The predicted molar refractivity (Wildman–Crippen MR) is 69.7 cm³/mol. The highest BCUT2D eigenvalue weighted by atomic mass is 16.5. The monoisotopic (exact) mass is 227 g/mol. The van der Waals surface area contributed by atoms with Crippen LogP contribution in [0, 0.1) is 5.41 Å². The van der Waals surface area contributed by atoms with Crippen molar-refractivity contribution in [3.05, 3.63) is 0 Å². The summed E-state index contributed by atoms with van der Waals surface area (Å²) in [6, 6.07) is 1.17. The lowest BCUT2D eigenvalue weighted by Gasteiger charge is -2.41. The van der Waals surface area contributed by atoms with Gasteiger partial charge in [0.25, 0.3) is 0 Å². The van der Waals surface area contributed by atoms with Gasteiger partial charge in [0.15, 0.2) is 0 Å². The Morgan fingerprint density at radius 2 is 2.06 bits per heavy atom. The third-order valence-corrected chi connectivity index (χ3v) is 4.13. The largest absolute Gasteiger partial charge is 0.375 e. The van der Waals surface area contributed by atoms with Crippen LogP contribution in [-0.4, -0.2) is 24.3 Å². The fourth-order valence-electron chi connectivity index (χ4n) is 2.12. The summed E-state index contributed by atoms with van der Waals surface area (Å²) in [4.78, 5) is 0. The molecule has 1 rings (SSSR count). The Balaban J connectivity index is 2.49. The quantitative estimate of drug-likeness (QED) is 0.798. The van der Waals surface area contributed by atoms with Gasteiger partial charge in [0, 0.05) is 18.7 Å². The third-order valence-electron chi connectivity index (χ3n) is 4.13. The highest BCUT2D eigenvalue weighted by Gasteiger charge is 2.33. The van der Waals surface area contributed by atoms with Crippen molar-refractivity contribution in [1.29, 1.82) is 0 Å². The number of ether oxygens (including phenoxy) is 1. The molecule has 1 heterocycles.